The third-order valence-electron chi connectivity index (χ3n) is 2.04. The van der Waals surface area contributed by atoms with Crippen LogP contribution in [0.2, 0.25) is 0 Å². The Morgan fingerprint density at radius 3 is 3.07 bits per heavy atom. The van der Waals surface area contributed by atoms with Gasteiger partial charge in [0, 0.05) is 19.9 Å². The Balaban J connectivity index is 2.60. The summed E-state index contributed by atoms with van der Waals surface area (Å²) in [6.45, 7) is 0.635. The Hall–Kier alpha value is -1.33. The van der Waals surface area contributed by atoms with Gasteiger partial charge in [0.2, 0.25) is 0 Å². The maximum Gasteiger partial charge on any atom is 0.146 e. The molecular weight excluding hydrogens is 194 g/mol. The second kappa shape index (κ2) is 6.21. The molecule has 84 valence electrons. The standard InChI is InChI=1S/C10H17N3O2/c1-15-7-8(4-6-14)13-9-3-2-5-12-10(9)11/h2-3,5,8,13-14H,4,6-7H2,1H3,(H2,11,12). The molecule has 5 nitrogen and oxygen atoms in total. The highest BCUT2D eigenvalue weighted by molar-refractivity contribution is 5.61. The van der Waals surface area contributed by atoms with Crippen LogP contribution in [-0.4, -0.2) is 36.5 Å². The zero-order valence-corrected chi connectivity index (χ0v) is 8.81. The van der Waals surface area contributed by atoms with E-state index in [0.29, 0.717) is 18.8 Å². The number of anilines is 2. The molecule has 0 bridgehead atoms. The maximum atomic E-state index is 8.87. The Morgan fingerprint density at radius 2 is 2.47 bits per heavy atom. The summed E-state index contributed by atoms with van der Waals surface area (Å²) >= 11 is 0. The molecule has 1 aromatic rings. The first kappa shape index (κ1) is 11.7. The SMILES string of the molecule is COCC(CCO)Nc1cccnc1N. The van der Waals surface area contributed by atoms with Gasteiger partial charge >= 0.3 is 0 Å². The van der Waals surface area contributed by atoms with Crippen molar-refractivity contribution in [2.45, 2.75) is 12.5 Å². The highest BCUT2D eigenvalue weighted by Gasteiger charge is 2.09. The van der Waals surface area contributed by atoms with E-state index >= 15 is 0 Å². The van der Waals surface area contributed by atoms with Crippen molar-refractivity contribution < 1.29 is 9.84 Å². The minimum absolute atomic E-state index is 0.0477. The number of nitrogens with zero attached hydrogens (tertiary/aromatic N) is 1. The van der Waals surface area contributed by atoms with Crippen molar-refractivity contribution in [2.24, 2.45) is 0 Å². The van der Waals surface area contributed by atoms with Crippen molar-refractivity contribution in [3.63, 3.8) is 0 Å². The molecule has 0 radical (unpaired) electrons. The Labute approximate surface area is 89.3 Å². The van der Waals surface area contributed by atoms with Gasteiger partial charge in [-0.3, -0.25) is 0 Å². The van der Waals surface area contributed by atoms with Crippen LogP contribution in [0.4, 0.5) is 11.5 Å². The van der Waals surface area contributed by atoms with Gasteiger partial charge in [0.25, 0.3) is 0 Å². The van der Waals surface area contributed by atoms with Crippen molar-refractivity contribution in [1.29, 1.82) is 0 Å². The van der Waals surface area contributed by atoms with Crippen LogP contribution in [0, 0.1) is 0 Å². The number of rotatable bonds is 6. The Morgan fingerprint density at radius 1 is 1.67 bits per heavy atom. The third kappa shape index (κ3) is 3.73. The predicted molar refractivity (Wildman–Crippen MR) is 59.6 cm³/mol. The number of methoxy groups -OCH3 is 1. The van der Waals surface area contributed by atoms with Gasteiger partial charge < -0.3 is 20.9 Å². The number of nitrogen functional groups attached to an aromatic ring is 1. The molecule has 1 atom stereocenters. The second-order valence-corrected chi connectivity index (χ2v) is 3.25. The fraction of sp³-hybridized carbons (Fsp3) is 0.500. The number of nitrogens with one attached hydrogen (secondary N) is 1. The molecule has 1 unspecified atom stereocenters. The molecule has 15 heavy (non-hydrogen) atoms. The van der Waals surface area contributed by atoms with Gasteiger partial charge in [-0.05, 0) is 18.6 Å². The lowest BCUT2D eigenvalue weighted by Gasteiger charge is -2.18. The molecule has 0 amide bonds. The first-order valence-electron chi connectivity index (χ1n) is 4.84. The molecular formula is C10H17N3O2. The van der Waals surface area contributed by atoms with E-state index in [1.165, 1.54) is 0 Å². The zero-order valence-electron chi connectivity index (χ0n) is 8.81. The van der Waals surface area contributed by atoms with Crippen LogP contribution >= 0.6 is 0 Å². The number of aromatic nitrogens is 1. The second-order valence-electron chi connectivity index (χ2n) is 3.25. The van der Waals surface area contributed by atoms with Crippen LogP contribution < -0.4 is 11.1 Å². The minimum atomic E-state index is 0.0477. The monoisotopic (exact) mass is 211 g/mol. The quantitative estimate of drug-likeness (QED) is 0.637. The van der Waals surface area contributed by atoms with E-state index in [1.54, 1.807) is 13.3 Å². The summed E-state index contributed by atoms with van der Waals surface area (Å²) in [6.07, 6.45) is 2.25. The maximum absolute atomic E-state index is 8.87. The van der Waals surface area contributed by atoms with Gasteiger partial charge in [-0.2, -0.15) is 0 Å². The van der Waals surface area contributed by atoms with Crippen LogP contribution in [0.25, 0.3) is 0 Å². The Bertz CT molecular complexity index is 288. The number of hydrogen-bond donors (Lipinski definition) is 3. The van der Waals surface area contributed by atoms with E-state index in [0.717, 1.165) is 5.69 Å². The molecule has 1 heterocycles. The van der Waals surface area contributed by atoms with Crippen LogP contribution in [0.3, 0.4) is 0 Å². The number of pyridine rings is 1. The molecule has 1 aromatic heterocycles. The fourth-order valence-corrected chi connectivity index (χ4v) is 1.31. The van der Waals surface area contributed by atoms with Gasteiger partial charge in [0.1, 0.15) is 5.82 Å². The summed E-state index contributed by atoms with van der Waals surface area (Å²) in [6, 6.07) is 3.70. The van der Waals surface area contributed by atoms with E-state index in [9.17, 15) is 0 Å². The molecule has 0 fully saturated rings. The first-order valence-corrected chi connectivity index (χ1v) is 4.84. The molecule has 0 aliphatic carbocycles. The lowest BCUT2D eigenvalue weighted by atomic mass is 10.2. The van der Waals surface area contributed by atoms with Gasteiger partial charge in [-0.25, -0.2) is 4.98 Å². The number of nitrogens with two attached hydrogens (primary N) is 1. The van der Waals surface area contributed by atoms with Crippen LogP contribution in [-0.2, 0) is 4.74 Å². The fourth-order valence-electron chi connectivity index (χ4n) is 1.31. The molecule has 0 aliphatic rings. The minimum Gasteiger partial charge on any atom is -0.396 e. The first-order chi connectivity index (χ1) is 7.27. The van der Waals surface area contributed by atoms with Crippen molar-refractivity contribution in [1.82, 2.24) is 4.98 Å². The topological polar surface area (TPSA) is 80.4 Å². The van der Waals surface area contributed by atoms with Crippen molar-refractivity contribution >= 4 is 11.5 Å². The summed E-state index contributed by atoms with van der Waals surface area (Å²) in [4.78, 5) is 3.96. The summed E-state index contributed by atoms with van der Waals surface area (Å²) < 4.78 is 5.03. The van der Waals surface area contributed by atoms with Crippen LogP contribution in [0.1, 0.15) is 6.42 Å². The van der Waals surface area contributed by atoms with E-state index in [4.69, 9.17) is 15.6 Å². The van der Waals surface area contributed by atoms with Crippen molar-refractivity contribution in [3.8, 4) is 0 Å². The summed E-state index contributed by atoms with van der Waals surface area (Å²) in [5.41, 5.74) is 6.46. The van der Waals surface area contributed by atoms with Gasteiger partial charge in [0.15, 0.2) is 0 Å². The summed E-state index contributed by atoms with van der Waals surface area (Å²) in [7, 11) is 1.62. The van der Waals surface area contributed by atoms with Gasteiger partial charge in [0.05, 0.1) is 18.3 Å². The average molecular weight is 211 g/mol. The molecule has 0 saturated heterocycles. The van der Waals surface area contributed by atoms with E-state index < -0.39 is 0 Å². The highest BCUT2D eigenvalue weighted by Crippen LogP contribution is 2.15. The zero-order chi connectivity index (χ0) is 11.1. The normalized spacial score (nSPS) is 12.4. The lowest BCUT2D eigenvalue weighted by Crippen LogP contribution is -2.26. The number of aliphatic hydroxyl groups excluding tert-OH is 1. The molecule has 0 saturated carbocycles. The number of hydrogen-bond acceptors (Lipinski definition) is 5. The largest absolute Gasteiger partial charge is 0.396 e. The average Bonchev–Trinajstić information content (AvgIpc) is 2.22. The Kier molecular flexibility index (Phi) is 4.86. The van der Waals surface area contributed by atoms with Gasteiger partial charge in [-0.1, -0.05) is 0 Å². The molecule has 0 aliphatic heterocycles. The summed E-state index contributed by atoms with van der Waals surface area (Å²) in [5.74, 6) is 0.455. The van der Waals surface area contributed by atoms with Crippen LogP contribution in [0.15, 0.2) is 18.3 Å². The van der Waals surface area contributed by atoms with E-state index in [1.807, 2.05) is 12.1 Å². The summed E-state index contributed by atoms with van der Waals surface area (Å²) in [5, 5.41) is 12.0. The third-order valence-corrected chi connectivity index (χ3v) is 2.04. The predicted octanol–water partition coefficient (Wildman–Crippen LogP) is 0.473. The van der Waals surface area contributed by atoms with E-state index in [2.05, 4.69) is 10.3 Å². The van der Waals surface area contributed by atoms with E-state index in [-0.39, 0.29) is 12.6 Å². The molecule has 0 aromatic carbocycles. The number of aliphatic hydroxyl groups is 1. The van der Waals surface area contributed by atoms with Crippen molar-refractivity contribution in [3.05, 3.63) is 18.3 Å². The van der Waals surface area contributed by atoms with Crippen molar-refractivity contribution in [2.75, 3.05) is 31.4 Å². The molecule has 4 N–H and O–H groups in total. The van der Waals surface area contributed by atoms with Crippen LogP contribution in [0.5, 0.6) is 0 Å². The lowest BCUT2D eigenvalue weighted by molar-refractivity contribution is 0.170. The molecule has 0 spiro atoms. The number of ether oxygens (including phenoxy) is 1. The smallest absolute Gasteiger partial charge is 0.146 e. The van der Waals surface area contributed by atoms with Gasteiger partial charge in [-0.15, -0.1) is 0 Å². The highest BCUT2D eigenvalue weighted by atomic mass is 16.5. The molecule has 1 rings (SSSR count). The molecule has 5 heteroatoms.